The van der Waals surface area contributed by atoms with Crippen LogP contribution in [0, 0.1) is 6.92 Å². The van der Waals surface area contributed by atoms with E-state index in [1.54, 1.807) is 0 Å². The minimum absolute atomic E-state index is 0.259. The van der Waals surface area contributed by atoms with Gasteiger partial charge in [-0.25, -0.2) is 4.79 Å². The highest BCUT2D eigenvalue weighted by Gasteiger charge is 2.45. The standard InChI is InChI=1S/C22H29F3N2O4/c1-15-6-5-7-17(18(15)21(19(28)29)8-3-4-9-21)14-26-10-12-27(13-11-26)20(30)31-16(2)22(23,24)25/h5-7,16H,3-4,8-14H2,1-2H3,(H,28,29). The van der Waals surface area contributed by atoms with Crippen LogP contribution in [0.5, 0.6) is 0 Å². The van der Waals surface area contributed by atoms with Crippen molar-refractivity contribution in [2.24, 2.45) is 0 Å². The zero-order valence-electron chi connectivity index (χ0n) is 17.9. The number of halogens is 3. The van der Waals surface area contributed by atoms with E-state index in [1.165, 1.54) is 4.90 Å². The number of piperazine rings is 1. The van der Waals surface area contributed by atoms with E-state index in [1.807, 2.05) is 25.1 Å². The number of hydrogen-bond acceptors (Lipinski definition) is 4. The lowest BCUT2D eigenvalue weighted by Crippen LogP contribution is -2.50. The number of rotatable bonds is 5. The monoisotopic (exact) mass is 442 g/mol. The van der Waals surface area contributed by atoms with E-state index in [9.17, 15) is 27.9 Å². The fraction of sp³-hybridized carbons (Fsp3) is 0.636. The molecule has 1 saturated heterocycles. The quantitative estimate of drug-likeness (QED) is 0.744. The molecule has 2 aliphatic rings. The van der Waals surface area contributed by atoms with E-state index in [2.05, 4.69) is 9.64 Å². The highest BCUT2D eigenvalue weighted by atomic mass is 19.4. The van der Waals surface area contributed by atoms with Crippen LogP contribution in [0.2, 0.25) is 0 Å². The molecule has 1 atom stereocenters. The number of alkyl halides is 3. The molecule has 1 unspecified atom stereocenters. The molecular weight excluding hydrogens is 413 g/mol. The molecule has 1 heterocycles. The molecule has 1 aromatic rings. The van der Waals surface area contributed by atoms with Gasteiger partial charge < -0.3 is 14.7 Å². The summed E-state index contributed by atoms with van der Waals surface area (Å²) in [6.07, 6.45) is -4.68. The molecule has 6 nitrogen and oxygen atoms in total. The van der Waals surface area contributed by atoms with Gasteiger partial charge in [-0.1, -0.05) is 31.0 Å². The molecule has 31 heavy (non-hydrogen) atoms. The van der Waals surface area contributed by atoms with E-state index < -0.39 is 29.8 Å². The number of aryl methyl sites for hydroxylation is 1. The topological polar surface area (TPSA) is 70.1 Å². The first-order valence-corrected chi connectivity index (χ1v) is 10.6. The van der Waals surface area contributed by atoms with E-state index in [-0.39, 0.29) is 13.1 Å². The predicted octanol–water partition coefficient (Wildman–Crippen LogP) is 4.10. The number of hydrogen-bond donors (Lipinski definition) is 1. The second-order valence-electron chi connectivity index (χ2n) is 8.53. The SMILES string of the molecule is Cc1cccc(CN2CCN(C(=O)OC(C)C(F)(F)F)CC2)c1C1(C(=O)O)CCCC1. The number of aliphatic carboxylic acids is 1. The first kappa shape index (κ1) is 23.4. The van der Waals surface area contributed by atoms with E-state index in [0.717, 1.165) is 36.5 Å². The van der Waals surface area contributed by atoms with Crippen molar-refractivity contribution in [3.8, 4) is 0 Å². The largest absolute Gasteiger partial charge is 0.481 e. The Labute approximate surface area is 180 Å². The molecule has 1 aromatic carbocycles. The van der Waals surface area contributed by atoms with Crippen LogP contribution in [0.3, 0.4) is 0 Å². The Kier molecular flexibility index (Phi) is 6.83. The number of carbonyl (C=O) groups is 2. The molecule has 1 amide bonds. The minimum Gasteiger partial charge on any atom is -0.481 e. The Hall–Kier alpha value is -2.29. The van der Waals surface area contributed by atoms with Crippen molar-refractivity contribution in [3.63, 3.8) is 0 Å². The van der Waals surface area contributed by atoms with Crippen molar-refractivity contribution in [2.75, 3.05) is 26.2 Å². The smallest absolute Gasteiger partial charge is 0.425 e. The normalized spacial score (nSPS) is 20.5. The summed E-state index contributed by atoms with van der Waals surface area (Å²) in [6, 6.07) is 5.82. The summed E-state index contributed by atoms with van der Waals surface area (Å²) < 4.78 is 42.4. The molecule has 1 aliphatic carbocycles. The Morgan fingerprint density at radius 1 is 1.16 bits per heavy atom. The molecule has 2 fully saturated rings. The maximum absolute atomic E-state index is 12.6. The highest BCUT2D eigenvalue weighted by molar-refractivity contribution is 5.83. The van der Waals surface area contributed by atoms with Crippen LogP contribution in [0.25, 0.3) is 0 Å². The molecule has 0 radical (unpaired) electrons. The zero-order valence-corrected chi connectivity index (χ0v) is 17.9. The molecule has 0 spiro atoms. The van der Waals surface area contributed by atoms with Crippen LogP contribution in [0.4, 0.5) is 18.0 Å². The Balaban J connectivity index is 1.67. The van der Waals surface area contributed by atoms with Crippen LogP contribution in [0.15, 0.2) is 18.2 Å². The number of ether oxygens (including phenoxy) is 1. The van der Waals surface area contributed by atoms with Crippen molar-refractivity contribution in [1.29, 1.82) is 0 Å². The summed E-state index contributed by atoms with van der Waals surface area (Å²) in [5, 5.41) is 10.0. The highest BCUT2D eigenvalue weighted by Crippen LogP contribution is 2.44. The zero-order chi connectivity index (χ0) is 22.8. The van der Waals surface area contributed by atoms with E-state index in [0.29, 0.717) is 32.5 Å². The second-order valence-corrected chi connectivity index (χ2v) is 8.53. The molecule has 3 rings (SSSR count). The molecular formula is C22H29F3N2O4. The van der Waals surface area contributed by atoms with Crippen LogP contribution in [0.1, 0.15) is 49.3 Å². The molecule has 0 bridgehead atoms. The number of nitrogens with zero attached hydrogens (tertiary/aromatic N) is 2. The molecule has 9 heteroatoms. The van der Waals surface area contributed by atoms with Crippen LogP contribution >= 0.6 is 0 Å². The van der Waals surface area contributed by atoms with Gasteiger partial charge in [-0.15, -0.1) is 0 Å². The molecule has 1 aliphatic heterocycles. The van der Waals surface area contributed by atoms with E-state index >= 15 is 0 Å². The minimum atomic E-state index is -4.58. The van der Waals surface area contributed by atoms with Crippen LogP contribution in [-0.2, 0) is 21.5 Å². The van der Waals surface area contributed by atoms with Crippen molar-refractivity contribution in [2.45, 2.75) is 63.8 Å². The fourth-order valence-electron chi connectivity index (χ4n) is 4.72. The fourth-order valence-corrected chi connectivity index (χ4v) is 4.72. The number of carboxylic acid groups (broad SMARTS) is 1. The first-order valence-electron chi connectivity index (χ1n) is 10.6. The van der Waals surface area contributed by atoms with Gasteiger partial charge in [0.05, 0.1) is 5.41 Å². The number of carbonyl (C=O) groups excluding carboxylic acids is 1. The summed E-state index contributed by atoms with van der Waals surface area (Å²) in [5.41, 5.74) is 1.96. The Morgan fingerprint density at radius 3 is 2.32 bits per heavy atom. The molecule has 1 saturated carbocycles. The van der Waals surface area contributed by atoms with Crippen molar-refractivity contribution < 1.29 is 32.6 Å². The molecule has 1 N–H and O–H groups in total. The van der Waals surface area contributed by atoms with Gasteiger partial charge in [0.1, 0.15) is 0 Å². The van der Waals surface area contributed by atoms with Crippen molar-refractivity contribution >= 4 is 12.1 Å². The predicted molar refractivity (Wildman–Crippen MR) is 108 cm³/mol. The summed E-state index contributed by atoms with van der Waals surface area (Å²) in [7, 11) is 0. The number of amides is 1. The number of benzene rings is 1. The third kappa shape index (κ3) is 4.97. The summed E-state index contributed by atoms with van der Waals surface area (Å²) in [4.78, 5) is 27.7. The van der Waals surface area contributed by atoms with Crippen molar-refractivity contribution in [3.05, 3.63) is 34.9 Å². The lowest BCUT2D eigenvalue weighted by atomic mass is 9.74. The lowest BCUT2D eigenvalue weighted by molar-refractivity contribution is -0.200. The van der Waals surface area contributed by atoms with Gasteiger partial charge in [-0.2, -0.15) is 13.2 Å². The van der Waals surface area contributed by atoms with Gasteiger partial charge in [-0.05, 0) is 43.4 Å². The van der Waals surface area contributed by atoms with Crippen LogP contribution in [-0.4, -0.2) is 65.4 Å². The summed E-state index contributed by atoms with van der Waals surface area (Å²) in [6.45, 7) is 4.76. The van der Waals surface area contributed by atoms with Gasteiger partial charge in [0.25, 0.3) is 0 Å². The Morgan fingerprint density at radius 2 is 1.77 bits per heavy atom. The van der Waals surface area contributed by atoms with Gasteiger partial charge in [0.15, 0.2) is 6.10 Å². The second kappa shape index (κ2) is 9.06. The molecule has 172 valence electrons. The maximum atomic E-state index is 12.6. The first-order chi connectivity index (χ1) is 14.5. The van der Waals surface area contributed by atoms with Gasteiger partial charge in [0, 0.05) is 32.7 Å². The maximum Gasteiger partial charge on any atom is 0.425 e. The van der Waals surface area contributed by atoms with Gasteiger partial charge in [0.2, 0.25) is 0 Å². The summed E-state index contributed by atoms with van der Waals surface area (Å²) >= 11 is 0. The summed E-state index contributed by atoms with van der Waals surface area (Å²) in [5.74, 6) is -0.785. The lowest BCUT2D eigenvalue weighted by Gasteiger charge is -2.36. The van der Waals surface area contributed by atoms with Crippen molar-refractivity contribution in [1.82, 2.24) is 9.80 Å². The Bertz CT molecular complexity index is 813. The molecule has 0 aromatic heterocycles. The van der Waals surface area contributed by atoms with E-state index in [4.69, 9.17) is 0 Å². The third-order valence-electron chi connectivity index (χ3n) is 6.47. The number of carboxylic acids is 1. The van der Waals surface area contributed by atoms with Gasteiger partial charge in [-0.3, -0.25) is 9.69 Å². The average molecular weight is 442 g/mol. The third-order valence-corrected chi connectivity index (χ3v) is 6.47. The van der Waals surface area contributed by atoms with Gasteiger partial charge >= 0.3 is 18.2 Å². The average Bonchev–Trinajstić information content (AvgIpc) is 3.18. The van der Waals surface area contributed by atoms with Crippen LogP contribution < -0.4 is 0 Å².